The molecule has 0 unspecified atom stereocenters. The monoisotopic (exact) mass is 292 g/mol. The number of ether oxygens (including phenoxy) is 1. The zero-order valence-electron chi connectivity index (χ0n) is 8.22. The van der Waals surface area contributed by atoms with Gasteiger partial charge in [0.25, 0.3) is 5.78 Å². The number of benzene rings is 1. The first kappa shape index (κ1) is 12.8. The van der Waals surface area contributed by atoms with Crippen molar-refractivity contribution in [2.24, 2.45) is 0 Å². The van der Waals surface area contributed by atoms with E-state index >= 15 is 0 Å². The topological polar surface area (TPSA) is 43.4 Å². The fraction of sp³-hybridized carbons (Fsp3) is 0.200. The minimum absolute atomic E-state index is 0.00873. The van der Waals surface area contributed by atoms with Gasteiger partial charge in [-0.3, -0.25) is 4.79 Å². The molecule has 86 valence electrons. The molecule has 1 aromatic carbocycles. The average molecular weight is 293 g/mol. The molecule has 0 atom stereocenters. The molecule has 0 N–H and O–H groups in total. The van der Waals surface area contributed by atoms with Crippen LogP contribution in [0.25, 0.3) is 0 Å². The van der Waals surface area contributed by atoms with Crippen molar-refractivity contribution in [2.45, 2.75) is 6.92 Å². The van der Waals surface area contributed by atoms with E-state index in [1.54, 1.807) is 0 Å². The molecule has 0 saturated heterocycles. The minimum Gasteiger partial charge on any atom is -0.460 e. The summed E-state index contributed by atoms with van der Waals surface area (Å²) in [5.41, 5.74) is -0.640. The van der Waals surface area contributed by atoms with E-state index in [4.69, 9.17) is 0 Å². The SMILES string of the molecule is CCOC(=O)C(=O)c1cc(F)c(Br)cc1F. The second-order valence-corrected chi connectivity index (χ2v) is 3.65. The molecule has 0 aliphatic carbocycles. The van der Waals surface area contributed by atoms with Gasteiger partial charge in [-0.25, -0.2) is 13.6 Å². The van der Waals surface area contributed by atoms with E-state index in [9.17, 15) is 18.4 Å². The van der Waals surface area contributed by atoms with Crippen LogP contribution in [0.4, 0.5) is 8.78 Å². The van der Waals surface area contributed by atoms with Crippen molar-refractivity contribution < 1.29 is 23.1 Å². The highest BCUT2D eigenvalue weighted by molar-refractivity contribution is 9.10. The van der Waals surface area contributed by atoms with Gasteiger partial charge in [0.15, 0.2) is 0 Å². The zero-order valence-corrected chi connectivity index (χ0v) is 9.81. The van der Waals surface area contributed by atoms with Gasteiger partial charge < -0.3 is 4.74 Å². The van der Waals surface area contributed by atoms with E-state index in [-0.39, 0.29) is 11.1 Å². The molecule has 0 heterocycles. The first-order valence-corrected chi connectivity index (χ1v) is 5.12. The van der Waals surface area contributed by atoms with E-state index in [1.807, 2.05) is 0 Å². The maximum Gasteiger partial charge on any atom is 0.379 e. The lowest BCUT2D eigenvalue weighted by Gasteiger charge is -2.03. The van der Waals surface area contributed by atoms with E-state index in [2.05, 4.69) is 20.7 Å². The summed E-state index contributed by atoms with van der Waals surface area (Å²) in [5, 5.41) is 0. The third-order valence-corrected chi connectivity index (χ3v) is 2.32. The third-order valence-electron chi connectivity index (χ3n) is 1.72. The Bertz CT molecular complexity index is 446. The molecule has 0 amide bonds. The molecule has 0 bridgehead atoms. The first-order valence-electron chi connectivity index (χ1n) is 4.33. The van der Waals surface area contributed by atoms with Crippen LogP contribution in [0.5, 0.6) is 0 Å². The van der Waals surface area contributed by atoms with Gasteiger partial charge in [-0.1, -0.05) is 0 Å². The van der Waals surface area contributed by atoms with Crippen LogP contribution in [0.15, 0.2) is 16.6 Å². The Kier molecular flexibility index (Phi) is 4.12. The van der Waals surface area contributed by atoms with Gasteiger partial charge in [-0.15, -0.1) is 0 Å². The van der Waals surface area contributed by atoms with E-state index in [0.29, 0.717) is 6.07 Å². The van der Waals surface area contributed by atoms with Crippen molar-refractivity contribution in [3.63, 3.8) is 0 Å². The summed E-state index contributed by atoms with van der Waals surface area (Å²) in [4.78, 5) is 22.3. The summed E-state index contributed by atoms with van der Waals surface area (Å²) in [6, 6.07) is 1.43. The number of carbonyl (C=O) groups excluding carboxylic acids is 2. The third kappa shape index (κ3) is 2.63. The Hall–Kier alpha value is -1.30. The van der Waals surface area contributed by atoms with Crippen molar-refractivity contribution >= 4 is 27.7 Å². The number of hydrogen-bond donors (Lipinski definition) is 0. The molecule has 1 rings (SSSR count). The molecule has 6 heteroatoms. The normalized spacial score (nSPS) is 10.0. The van der Waals surface area contributed by atoms with Gasteiger partial charge in [-0.05, 0) is 35.0 Å². The highest BCUT2D eigenvalue weighted by Crippen LogP contribution is 2.20. The summed E-state index contributed by atoms with van der Waals surface area (Å²) >= 11 is 2.75. The molecule has 0 aromatic heterocycles. The van der Waals surface area contributed by atoms with Gasteiger partial charge in [0.1, 0.15) is 11.6 Å². The predicted octanol–water partition coefficient (Wildman–Crippen LogP) is 2.47. The number of esters is 1. The molecule has 0 saturated carbocycles. The van der Waals surface area contributed by atoms with Crippen LogP contribution in [-0.2, 0) is 9.53 Å². The van der Waals surface area contributed by atoms with E-state index < -0.39 is 29.0 Å². The summed E-state index contributed by atoms with van der Waals surface area (Å²) < 4.78 is 30.6. The molecule has 0 fully saturated rings. The maximum atomic E-state index is 13.3. The zero-order chi connectivity index (χ0) is 12.3. The minimum atomic E-state index is -1.21. The number of ketones is 1. The van der Waals surface area contributed by atoms with Crippen LogP contribution in [0, 0.1) is 11.6 Å². The molecule has 0 radical (unpaired) electrons. The standard InChI is InChI=1S/C10H7BrF2O3/c1-2-16-10(15)9(14)5-3-8(13)6(11)4-7(5)12/h3-4H,2H2,1H3. The first-order chi connectivity index (χ1) is 7.47. The van der Waals surface area contributed by atoms with Crippen LogP contribution >= 0.6 is 15.9 Å². The summed E-state index contributed by atoms with van der Waals surface area (Å²) in [7, 11) is 0. The summed E-state index contributed by atoms with van der Waals surface area (Å²) in [5.74, 6) is -4.21. The predicted molar refractivity (Wildman–Crippen MR) is 55.0 cm³/mol. The van der Waals surface area contributed by atoms with Gasteiger partial charge in [0.2, 0.25) is 0 Å². The smallest absolute Gasteiger partial charge is 0.379 e. The number of carbonyl (C=O) groups is 2. The van der Waals surface area contributed by atoms with Crippen LogP contribution < -0.4 is 0 Å². The number of halogens is 3. The number of hydrogen-bond acceptors (Lipinski definition) is 3. The molecule has 1 aromatic rings. The van der Waals surface area contributed by atoms with Crippen molar-refractivity contribution in [1.29, 1.82) is 0 Å². The van der Waals surface area contributed by atoms with Crippen LogP contribution in [0.3, 0.4) is 0 Å². The lowest BCUT2D eigenvalue weighted by atomic mass is 10.1. The molecule has 16 heavy (non-hydrogen) atoms. The number of rotatable bonds is 3. The lowest BCUT2D eigenvalue weighted by molar-refractivity contribution is -0.137. The maximum absolute atomic E-state index is 13.3. The second kappa shape index (κ2) is 5.16. The van der Waals surface area contributed by atoms with Gasteiger partial charge >= 0.3 is 5.97 Å². The van der Waals surface area contributed by atoms with Crippen LogP contribution in [0.1, 0.15) is 17.3 Å². The molecular weight excluding hydrogens is 286 g/mol. The number of Topliss-reactive ketones (excluding diaryl/α,β-unsaturated/α-hetero) is 1. The molecule has 0 aliphatic heterocycles. The van der Waals surface area contributed by atoms with Gasteiger partial charge in [0, 0.05) is 0 Å². The molecule has 3 nitrogen and oxygen atoms in total. The van der Waals surface area contributed by atoms with Crippen molar-refractivity contribution in [3.05, 3.63) is 33.8 Å². The fourth-order valence-electron chi connectivity index (χ4n) is 1.00. The van der Waals surface area contributed by atoms with E-state index in [1.165, 1.54) is 6.92 Å². The Morgan fingerprint density at radius 3 is 2.50 bits per heavy atom. The Balaban J connectivity index is 3.09. The van der Waals surface area contributed by atoms with Crippen molar-refractivity contribution in [2.75, 3.05) is 6.61 Å². The molecular formula is C10H7BrF2O3. The molecule has 0 spiro atoms. The lowest BCUT2D eigenvalue weighted by Crippen LogP contribution is -2.19. The van der Waals surface area contributed by atoms with E-state index in [0.717, 1.165) is 6.07 Å². The second-order valence-electron chi connectivity index (χ2n) is 2.80. The average Bonchev–Trinajstić information content (AvgIpc) is 2.23. The fourth-order valence-corrected chi connectivity index (χ4v) is 1.32. The van der Waals surface area contributed by atoms with Crippen LogP contribution in [-0.4, -0.2) is 18.4 Å². The summed E-state index contributed by atoms with van der Waals surface area (Å²) in [6.07, 6.45) is 0. The summed E-state index contributed by atoms with van der Waals surface area (Å²) in [6.45, 7) is 1.49. The van der Waals surface area contributed by atoms with Crippen molar-refractivity contribution in [3.8, 4) is 0 Å². The largest absolute Gasteiger partial charge is 0.460 e. The highest BCUT2D eigenvalue weighted by Gasteiger charge is 2.22. The highest BCUT2D eigenvalue weighted by atomic mass is 79.9. The van der Waals surface area contributed by atoms with Crippen molar-refractivity contribution in [1.82, 2.24) is 0 Å². The van der Waals surface area contributed by atoms with Gasteiger partial charge in [-0.2, -0.15) is 0 Å². The Morgan fingerprint density at radius 2 is 1.94 bits per heavy atom. The quantitative estimate of drug-likeness (QED) is 0.372. The van der Waals surface area contributed by atoms with Gasteiger partial charge in [0.05, 0.1) is 16.6 Å². The Morgan fingerprint density at radius 1 is 1.31 bits per heavy atom. The van der Waals surface area contributed by atoms with Crippen LogP contribution in [0.2, 0.25) is 0 Å². The molecule has 0 aliphatic rings. The Labute approximate surface area is 98.5 Å².